The van der Waals surface area contributed by atoms with Gasteiger partial charge in [0, 0.05) is 26.2 Å². The molecule has 0 amide bonds. The third-order valence-electron chi connectivity index (χ3n) is 2.71. The molecular weight excluding hydrogens is 454 g/mol. The van der Waals surface area contributed by atoms with E-state index < -0.39 is 15.3 Å². The van der Waals surface area contributed by atoms with Crippen molar-refractivity contribution in [2.75, 3.05) is 0 Å². The van der Waals surface area contributed by atoms with Gasteiger partial charge in [0.25, 0.3) is 0 Å². The minimum atomic E-state index is -3.89. The zero-order chi connectivity index (χ0) is 18.8. The van der Waals surface area contributed by atoms with Gasteiger partial charge in [-0.1, -0.05) is 20.8 Å². The predicted molar refractivity (Wildman–Crippen MR) is 96.9 cm³/mol. The largest absolute Gasteiger partial charge is 0 e. The summed E-state index contributed by atoms with van der Waals surface area (Å²) in [6.45, 7) is 11.2. The van der Waals surface area contributed by atoms with Crippen LogP contribution in [0.15, 0.2) is 24.3 Å². The van der Waals surface area contributed by atoms with Crippen LogP contribution in [0.1, 0.15) is 60.8 Å². The molecule has 3 atom stereocenters. The van der Waals surface area contributed by atoms with E-state index in [9.17, 15) is 7.00 Å². The first kappa shape index (κ1) is 32.2. The molecule has 24 heavy (non-hydrogen) atoms. The maximum Gasteiger partial charge on any atom is 0 e. The van der Waals surface area contributed by atoms with Crippen LogP contribution in [0.3, 0.4) is 0 Å². The normalized spacial score (nSPS) is 12.8. The molecule has 0 saturated carbocycles. The number of halogens is 2. The molecule has 7 heteroatoms. The topological polar surface area (TPSA) is 60.7 Å². The number of hydrogen-bond donors (Lipinski definition) is 3. The van der Waals surface area contributed by atoms with Gasteiger partial charge in [-0.05, 0) is 40.0 Å². The number of aliphatic hydroxyl groups excluding tert-OH is 3. The molecule has 3 nitrogen and oxygen atoms in total. The summed E-state index contributed by atoms with van der Waals surface area (Å²) in [5.74, 6) is 0. The average molecular weight is 489 g/mol. The van der Waals surface area contributed by atoms with E-state index in [1.807, 2.05) is 20.8 Å². The maximum absolute atomic E-state index is 11.8. The van der Waals surface area contributed by atoms with Crippen LogP contribution in [0, 0.1) is 0 Å². The fourth-order valence-electron chi connectivity index (χ4n) is 0.534. The molecule has 1 aromatic carbocycles. The Kier molecular flexibility index (Phi) is 31.6. The molecule has 1 rings (SSSR count). The Bertz CT molecular complexity index is 290. The summed E-state index contributed by atoms with van der Waals surface area (Å²) in [4.78, 5) is 0. The molecule has 0 spiro atoms. The van der Waals surface area contributed by atoms with Gasteiger partial charge in [0.15, 0.2) is 0 Å². The van der Waals surface area contributed by atoms with Crippen molar-refractivity contribution in [2.45, 2.75) is 79.1 Å². The second-order valence-electron chi connectivity index (χ2n) is 5.29. The predicted octanol–water partition coefficient (Wildman–Crippen LogP) is 3.10. The van der Waals surface area contributed by atoms with E-state index in [-0.39, 0.29) is 48.9 Å². The number of hydrogen-bond acceptors (Lipinski definition) is 3. The van der Waals surface area contributed by atoms with Gasteiger partial charge in [-0.3, -0.25) is 0 Å². The third kappa shape index (κ3) is 34.0. The fourth-order valence-corrected chi connectivity index (χ4v) is 1.61. The van der Waals surface area contributed by atoms with Gasteiger partial charge < -0.3 is 15.3 Å². The summed E-state index contributed by atoms with van der Waals surface area (Å²) in [6.07, 6.45) is 2.24. The van der Waals surface area contributed by atoms with Crippen LogP contribution in [0.4, 0.5) is 7.00 Å². The Morgan fingerprint density at radius 3 is 1.08 bits per heavy atom. The van der Waals surface area contributed by atoms with Gasteiger partial charge in [-0.15, -0.1) is 0 Å². The molecule has 0 aromatic heterocycles. The van der Waals surface area contributed by atoms with Crippen molar-refractivity contribution < 1.29 is 48.5 Å². The SMILES string of the molecule is CCC(C)O.CCC(C)O.CCC(C)O.[F][GeH]([F])[c-]1cccc1.[Zr]. The second kappa shape index (κ2) is 23.5. The van der Waals surface area contributed by atoms with Crippen molar-refractivity contribution in [3.05, 3.63) is 24.3 Å². The van der Waals surface area contributed by atoms with Gasteiger partial charge in [-0.25, -0.2) is 0 Å². The van der Waals surface area contributed by atoms with Crippen LogP contribution in [0.5, 0.6) is 0 Å². The molecule has 0 heterocycles. The Morgan fingerprint density at radius 1 is 0.792 bits per heavy atom. The summed E-state index contributed by atoms with van der Waals surface area (Å²) in [6, 6.07) is 6.27. The van der Waals surface area contributed by atoms with Crippen molar-refractivity contribution in [1.82, 2.24) is 0 Å². The number of rotatable bonds is 4. The monoisotopic (exact) mass is 489 g/mol. The van der Waals surface area contributed by atoms with E-state index >= 15 is 0 Å². The zero-order valence-electron chi connectivity index (χ0n) is 15.8. The van der Waals surface area contributed by atoms with Crippen LogP contribution < -0.4 is 4.40 Å². The molecule has 144 valence electrons. The summed E-state index contributed by atoms with van der Waals surface area (Å²) in [5, 5.41) is 25.1. The summed E-state index contributed by atoms with van der Waals surface area (Å²) >= 11 is -3.89. The van der Waals surface area contributed by atoms with Crippen molar-refractivity contribution >= 4 is 19.7 Å². The Balaban J connectivity index is -0.000000113. The minimum Gasteiger partial charge on any atom is 0 e. The van der Waals surface area contributed by atoms with E-state index in [0.29, 0.717) is 0 Å². The second-order valence-corrected chi connectivity index (χ2v) is 7.95. The molecule has 0 aliphatic rings. The Labute approximate surface area is 171 Å². The molecule has 0 bridgehead atoms. The average Bonchev–Trinajstić information content (AvgIpc) is 3.03. The van der Waals surface area contributed by atoms with Crippen molar-refractivity contribution in [3.63, 3.8) is 0 Å². The standard InChI is InChI=1S/C5H5F2Ge.3C4H10O.Zr/c6-8(7)5-3-1-2-4-5;3*1-3-4(2)5;/h1-4,8H;3*4-5H,3H2,1-2H3;/q-1;;;;. The third-order valence-corrected chi connectivity index (χ3v) is 4.58. The van der Waals surface area contributed by atoms with Gasteiger partial charge >= 0.3 is 50.9 Å². The molecule has 0 saturated heterocycles. The van der Waals surface area contributed by atoms with Crippen LogP contribution in [0.2, 0.25) is 0 Å². The van der Waals surface area contributed by atoms with Crippen LogP contribution in [-0.2, 0) is 26.2 Å². The van der Waals surface area contributed by atoms with E-state index in [4.69, 9.17) is 15.3 Å². The van der Waals surface area contributed by atoms with Gasteiger partial charge in [-0.2, -0.15) is 0 Å². The molecule has 0 fully saturated rings. The quantitative estimate of drug-likeness (QED) is 0.450. The zero-order valence-corrected chi connectivity index (χ0v) is 20.7. The van der Waals surface area contributed by atoms with E-state index in [2.05, 4.69) is 0 Å². The fraction of sp³-hybridized carbons (Fsp3) is 0.706. The van der Waals surface area contributed by atoms with Crippen molar-refractivity contribution in [3.8, 4) is 0 Å². The summed E-state index contributed by atoms with van der Waals surface area (Å²) in [7, 11) is 0. The van der Waals surface area contributed by atoms with E-state index in [1.54, 1.807) is 32.9 Å². The smallest absolute Gasteiger partial charge is 0 e. The molecule has 0 radical (unpaired) electrons. The van der Waals surface area contributed by atoms with Crippen LogP contribution in [-0.4, -0.2) is 48.9 Å². The Morgan fingerprint density at radius 2 is 1.00 bits per heavy atom. The maximum atomic E-state index is 11.8. The van der Waals surface area contributed by atoms with Crippen molar-refractivity contribution in [2.24, 2.45) is 0 Å². The van der Waals surface area contributed by atoms with Gasteiger partial charge in [0.05, 0.1) is 18.3 Å². The molecule has 3 unspecified atom stereocenters. The van der Waals surface area contributed by atoms with Gasteiger partial charge in [0.2, 0.25) is 0 Å². The molecule has 0 aliphatic carbocycles. The molecular formula is C17H35F2GeO3Zr-. The number of aliphatic hydroxyl groups is 3. The minimum absolute atomic E-state index is 0. The van der Waals surface area contributed by atoms with Gasteiger partial charge in [0.1, 0.15) is 0 Å². The van der Waals surface area contributed by atoms with E-state index in [0.717, 1.165) is 19.3 Å². The summed E-state index contributed by atoms with van der Waals surface area (Å²) in [5.41, 5.74) is 0. The summed E-state index contributed by atoms with van der Waals surface area (Å²) < 4.78 is 23.9. The van der Waals surface area contributed by atoms with Crippen LogP contribution in [0.25, 0.3) is 0 Å². The first-order chi connectivity index (χ1) is 10.6. The Hall–Kier alpha value is 0.516. The first-order valence-electron chi connectivity index (χ1n) is 8.16. The molecule has 3 N–H and O–H groups in total. The van der Waals surface area contributed by atoms with E-state index in [1.165, 1.54) is 12.1 Å². The molecule has 0 aliphatic heterocycles. The molecule has 1 aromatic rings. The van der Waals surface area contributed by atoms with Crippen LogP contribution >= 0.6 is 0 Å². The van der Waals surface area contributed by atoms with Crippen molar-refractivity contribution in [1.29, 1.82) is 0 Å². The first-order valence-corrected chi connectivity index (χ1v) is 11.2.